The molecule has 2 atom stereocenters. The first kappa shape index (κ1) is 22.4. The maximum absolute atomic E-state index is 5.59. The summed E-state index contributed by atoms with van der Waals surface area (Å²) in [4.78, 5) is 4.83. The highest BCUT2D eigenvalue weighted by atomic mass is 127. The lowest BCUT2D eigenvalue weighted by atomic mass is 9.64. The summed E-state index contributed by atoms with van der Waals surface area (Å²) in [6, 6.07) is 0.876. The topological polar surface area (TPSA) is 76.4 Å². The minimum absolute atomic E-state index is 0. The number of guanidine groups is 1. The SMILES string of the molecule is COC1CC(NC(=NCc2nnc(C)n2C)NC2CCCCC2)C1(C)C.I. The Morgan fingerprint density at radius 3 is 2.48 bits per heavy atom. The Morgan fingerprint density at radius 2 is 1.93 bits per heavy atom. The van der Waals surface area contributed by atoms with Crippen LogP contribution in [-0.4, -0.2) is 46.0 Å². The van der Waals surface area contributed by atoms with Crippen molar-refractivity contribution in [2.24, 2.45) is 17.5 Å². The molecule has 1 aromatic heterocycles. The zero-order valence-corrected chi connectivity index (χ0v) is 19.6. The molecule has 0 aliphatic heterocycles. The van der Waals surface area contributed by atoms with Crippen molar-refractivity contribution in [2.75, 3.05) is 7.11 Å². The van der Waals surface area contributed by atoms with Gasteiger partial charge in [0.15, 0.2) is 11.8 Å². The number of methoxy groups -OCH3 is 1. The largest absolute Gasteiger partial charge is 0.381 e. The van der Waals surface area contributed by atoms with E-state index in [1.54, 1.807) is 7.11 Å². The van der Waals surface area contributed by atoms with Gasteiger partial charge in [0.05, 0.1) is 6.10 Å². The summed E-state index contributed by atoms with van der Waals surface area (Å²) in [5.74, 6) is 2.69. The van der Waals surface area contributed by atoms with E-state index in [4.69, 9.17) is 9.73 Å². The highest BCUT2D eigenvalue weighted by Crippen LogP contribution is 2.42. The molecule has 0 spiro atoms. The fraction of sp³-hybridized carbons (Fsp3) is 0.842. The number of nitrogens with zero attached hydrogens (tertiary/aromatic N) is 4. The molecule has 2 aliphatic rings. The molecule has 2 unspecified atom stereocenters. The first-order valence-electron chi connectivity index (χ1n) is 9.87. The van der Waals surface area contributed by atoms with Crippen LogP contribution in [0, 0.1) is 12.3 Å². The molecule has 2 saturated carbocycles. The maximum Gasteiger partial charge on any atom is 0.192 e. The van der Waals surface area contributed by atoms with Gasteiger partial charge in [-0.3, -0.25) is 0 Å². The molecule has 7 nitrogen and oxygen atoms in total. The molecule has 1 heterocycles. The van der Waals surface area contributed by atoms with E-state index in [1.807, 2.05) is 18.5 Å². The lowest BCUT2D eigenvalue weighted by molar-refractivity contribution is -0.0923. The zero-order chi connectivity index (χ0) is 18.7. The maximum atomic E-state index is 5.59. The number of aliphatic imine (C=N–C) groups is 1. The van der Waals surface area contributed by atoms with Crippen molar-refractivity contribution in [3.63, 3.8) is 0 Å². The second-order valence-corrected chi connectivity index (χ2v) is 8.34. The monoisotopic (exact) mass is 490 g/mol. The normalized spacial score (nSPS) is 25.4. The Bertz CT molecular complexity index is 638. The molecule has 27 heavy (non-hydrogen) atoms. The molecule has 2 N–H and O–H groups in total. The van der Waals surface area contributed by atoms with Gasteiger partial charge in [-0.05, 0) is 26.2 Å². The minimum Gasteiger partial charge on any atom is -0.381 e. The summed E-state index contributed by atoms with van der Waals surface area (Å²) in [6.45, 7) is 7.00. The number of nitrogens with one attached hydrogen (secondary N) is 2. The Kier molecular flexibility index (Phi) is 7.91. The van der Waals surface area contributed by atoms with Crippen LogP contribution in [0.2, 0.25) is 0 Å². The van der Waals surface area contributed by atoms with Crippen LogP contribution in [0.4, 0.5) is 0 Å². The molecule has 0 radical (unpaired) electrons. The average molecular weight is 490 g/mol. The van der Waals surface area contributed by atoms with Crippen LogP contribution in [-0.2, 0) is 18.3 Å². The molecule has 0 bridgehead atoms. The Morgan fingerprint density at radius 1 is 1.22 bits per heavy atom. The van der Waals surface area contributed by atoms with Crippen molar-refractivity contribution in [2.45, 2.75) is 84.0 Å². The van der Waals surface area contributed by atoms with Gasteiger partial charge in [-0.2, -0.15) is 0 Å². The lowest BCUT2D eigenvalue weighted by Gasteiger charge is -2.51. The van der Waals surface area contributed by atoms with Crippen molar-refractivity contribution >= 4 is 29.9 Å². The summed E-state index contributed by atoms with van der Waals surface area (Å²) in [5.41, 5.74) is 0.102. The number of aromatic nitrogens is 3. The average Bonchev–Trinajstić information content (AvgIpc) is 2.95. The van der Waals surface area contributed by atoms with E-state index < -0.39 is 0 Å². The molecule has 1 aromatic rings. The van der Waals surface area contributed by atoms with Gasteiger partial charge < -0.3 is 19.9 Å². The van der Waals surface area contributed by atoms with Gasteiger partial charge in [0.2, 0.25) is 0 Å². The smallest absolute Gasteiger partial charge is 0.192 e. The van der Waals surface area contributed by atoms with Crippen molar-refractivity contribution in [1.82, 2.24) is 25.4 Å². The first-order valence-corrected chi connectivity index (χ1v) is 9.87. The van der Waals surface area contributed by atoms with Crippen molar-refractivity contribution < 1.29 is 4.74 Å². The van der Waals surface area contributed by atoms with Gasteiger partial charge in [0.1, 0.15) is 12.4 Å². The molecule has 8 heteroatoms. The van der Waals surface area contributed by atoms with Crippen LogP contribution in [0.1, 0.15) is 64.0 Å². The van der Waals surface area contributed by atoms with Gasteiger partial charge in [-0.15, -0.1) is 34.2 Å². The van der Waals surface area contributed by atoms with Crippen LogP contribution >= 0.6 is 24.0 Å². The second-order valence-electron chi connectivity index (χ2n) is 8.34. The molecule has 3 rings (SSSR count). The van der Waals surface area contributed by atoms with Crippen LogP contribution in [0.5, 0.6) is 0 Å². The first-order chi connectivity index (χ1) is 12.4. The molecule has 0 saturated heterocycles. The molecule has 2 fully saturated rings. The van der Waals surface area contributed by atoms with Crippen molar-refractivity contribution in [3.05, 3.63) is 11.6 Å². The summed E-state index contributed by atoms with van der Waals surface area (Å²) in [6.07, 6.45) is 7.70. The number of aryl methyl sites for hydroxylation is 1. The summed E-state index contributed by atoms with van der Waals surface area (Å²) in [7, 11) is 3.79. The fourth-order valence-corrected chi connectivity index (χ4v) is 4.01. The van der Waals surface area contributed by atoms with E-state index in [0.29, 0.717) is 24.7 Å². The van der Waals surface area contributed by atoms with E-state index in [1.165, 1.54) is 32.1 Å². The Labute approximate surface area is 180 Å². The fourth-order valence-electron chi connectivity index (χ4n) is 4.01. The van der Waals surface area contributed by atoms with E-state index in [9.17, 15) is 0 Å². The molecule has 0 amide bonds. The van der Waals surface area contributed by atoms with Gasteiger partial charge in [-0.25, -0.2) is 4.99 Å². The van der Waals surface area contributed by atoms with Crippen LogP contribution in [0.25, 0.3) is 0 Å². The highest BCUT2D eigenvalue weighted by molar-refractivity contribution is 14.0. The number of hydrogen-bond donors (Lipinski definition) is 2. The van der Waals surface area contributed by atoms with Crippen LogP contribution in [0.3, 0.4) is 0 Å². The third kappa shape index (κ3) is 5.13. The number of ether oxygens (including phenoxy) is 1. The summed E-state index contributed by atoms with van der Waals surface area (Å²) >= 11 is 0. The lowest BCUT2D eigenvalue weighted by Crippen LogP contribution is -2.64. The van der Waals surface area contributed by atoms with E-state index in [-0.39, 0.29) is 29.4 Å². The molecule has 154 valence electrons. The zero-order valence-electron chi connectivity index (χ0n) is 17.3. The van der Waals surface area contributed by atoms with E-state index in [0.717, 1.165) is 24.0 Å². The number of hydrogen-bond acceptors (Lipinski definition) is 4. The predicted octanol–water partition coefficient (Wildman–Crippen LogP) is 2.92. The third-order valence-corrected chi connectivity index (χ3v) is 6.28. The van der Waals surface area contributed by atoms with Crippen molar-refractivity contribution in [3.8, 4) is 0 Å². The molecule has 2 aliphatic carbocycles. The quantitative estimate of drug-likeness (QED) is 0.377. The number of rotatable bonds is 5. The van der Waals surface area contributed by atoms with E-state index in [2.05, 4.69) is 34.7 Å². The van der Waals surface area contributed by atoms with Crippen molar-refractivity contribution in [1.29, 1.82) is 0 Å². The standard InChI is InChI=1S/C19H34N6O.HI/c1-13-23-24-17(25(13)4)12-20-18(21-14-9-7-6-8-10-14)22-15-11-16(26-5)19(15,2)3;/h14-16H,6-12H2,1-5H3,(H2,20,21,22);1H. The Hall–Kier alpha value is -0.900. The molecular weight excluding hydrogens is 455 g/mol. The van der Waals surface area contributed by atoms with Gasteiger partial charge >= 0.3 is 0 Å². The van der Waals surface area contributed by atoms with Crippen LogP contribution < -0.4 is 10.6 Å². The van der Waals surface area contributed by atoms with Gasteiger partial charge in [0.25, 0.3) is 0 Å². The number of halogens is 1. The predicted molar refractivity (Wildman–Crippen MR) is 118 cm³/mol. The Balaban J connectivity index is 0.00000261. The van der Waals surface area contributed by atoms with E-state index >= 15 is 0 Å². The molecular formula is C19H35IN6O. The van der Waals surface area contributed by atoms with Crippen LogP contribution in [0.15, 0.2) is 4.99 Å². The van der Waals surface area contributed by atoms with Gasteiger partial charge in [0, 0.05) is 31.7 Å². The summed E-state index contributed by atoms with van der Waals surface area (Å²) < 4.78 is 7.59. The minimum atomic E-state index is 0. The second kappa shape index (κ2) is 9.54. The van der Waals surface area contributed by atoms with Gasteiger partial charge in [-0.1, -0.05) is 33.1 Å². The molecule has 0 aromatic carbocycles. The third-order valence-electron chi connectivity index (χ3n) is 6.28. The summed E-state index contributed by atoms with van der Waals surface area (Å²) in [5, 5.41) is 15.7. The highest BCUT2D eigenvalue weighted by Gasteiger charge is 2.49.